The smallest absolute Gasteiger partial charge is 0.306 e. The molecule has 1 unspecified atom stereocenters. The molecule has 0 aliphatic rings. The van der Waals surface area contributed by atoms with Crippen molar-refractivity contribution >= 4 is 17.9 Å². The fourth-order valence-corrected chi connectivity index (χ4v) is 7.42. The van der Waals surface area contributed by atoms with Gasteiger partial charge in [-0.1, -0.05) is 271 Å². The fourth-order valence-electron chi connectivity index (χ4n) is 7.42. The molecule has 0 spiro atoms. The Morgan fingerprint density at radius 3 is 0.925 bits per heavy atom. The highest BCUT2D eigenvalue weighted by atomic mass is 16.6. The first kappa shape index (κ1) is 63.1. The number of rotatable bonds is 48. The topological polar surface area (TPSA) is 78.9 Å². The Kier molecular flexibility index (Phi) is 51.5. The molecule has 6 nitrogen and oxygen atoms in total. The molecule has 0 saturated carbocycles. The first-order valence-corrected chi connectivity index (χ1v) is 27.5. The van der Waals surface area contributed by atoms with Gasteiger partial charge in [-0.05, 0) is 57.8 Å². The van der Waals surface area contributed by atoms with Gasteiger partial charge in [0, 0.05) is 19.3 Å². The first-order valence-electron chi connectivity index (χ1n) is 27.5. The van der Waals surface area contributed by atoms with Crippen molar-refractivity contribution in [3.05, 3.63) is 109 Å². The van der Waals surface area contributed by atoms with Crippen LogP contribution < -0.4 is 0 Å². The lowest BCUT2D eigenvalue weighted by Gasteiger charge is -2.18. The molecule has 380 valence electrons. The maximum Gasteiger partial charge on any atom is 0.306 e. The van der Waals surface area contributed by atoms with E-state index < -0.39 is 6.10 Å². The summed E-state index contributed by atoms with van der Waals surface area (Å²) in [6.07, 6.45) is 73.6. The van der Waals surface area contributed by atoms with E-state index in [1.54, 1.807) is 0 Å². The predicted molar refractivity (Wildman–Crippen MR) is 288 cm³/mol. The van der Waals surface area contributed by atoms with E-state index in [1.165, 1.54) is 103 Å². The molecule has 1 atom stereocenters. The van der Waals surface area contributed by atoms with Gasteiger partial charge in [0.2, 0.25) is 0 Å². The van der Waals surface area contributed by atoms with E-state index in [0.29, 0.717) is 19.3 Å². The summed E-state index contributed by atoms with van der Waals surface area (Å²) in [6, 6.07) is 0. The van der Waals surface area contributed by atoms with E-state index in [9.17, 15) is 14.4 Å². The van der Waals surface area contributed by atoms with Gasteiger partial charge >= 0.3 is 17.9 Å². The van der Waals surface area contributed by atoms with E-state index in [4.69, 9.17) is 14.2 Å². The second kappa shape index (κ2) is 54.7. The highest BCUT2D eigenvalue weighted by molar-refractivity contribution is 5.71. The SMILES string of the molecule is CC/C=C/C=C/C=C/C=C/C=C/C=C/CCCCCC(=O)OC(COC(=O)CCCCCCC/C=C/C=C/C=C/CC)COC(=O)CCCCCCCCCCCCCCCCCCCCC. The van der Waals surface area contributed by atoms with Crippen molar-refractivity contribution < 1.29 is 28.6 Å². The quantitative estimate of drug-likeness (QED) is 0.0262. The molecule has 0 aliphatic carbocycles. The van der Waals surface area contributed by atoms with Crippen molar-refractivity contribution in [3.8, 4) is 0 Å². The van der Waals surface area contributed by atoms with E-state index in [0.717, 1.165) is 89.9 Å². The summed E-state index contributed by atoms with van der Waals surface area (Å²) >= 11 is 0. The molecule has 0 fully saturated rings. The highest BCUT2D eigenvalue weighted by Gasteiger charge is 2.19. The fraction of sp³-hybridized carbons (Fsp3) is 0.656. The maximum absolute atomic E-state index is 12.8. The zero-order chi connectivity index (χ0) is 48.6. The Bertz CT molecular complexity index is 1390. The lowest BCUT2D eigenvalue weighted by Crippen LogP contribution is -2.30. The largest absolute Gasteiger partial charge is 0.462 e. The molecular formula is C61H100O6. The van der Waals surface area contributed by atoms with Gasteiger partial charge in [0.05, 0.1) is 0 Å². The van der Waals surface area contributed by atoms with Crippen LogP contribution in [0.1, 0.15) is 239 Å². The minimum absolute atomic E-state index is 0.103. The Morgan fingerprint density at radius 2 is 0.582 bits per heavy atom. The number of esters is 3. The molecule has 6 heteroatoms. The maximum atomic E-state index is 12.8. The molecule has 0 saturated heterocycles. The van der Waals surface area contributed by atoms with Gasteiger partial charge in [0.15, 0.2) is 6.10 Å². The van der Waals surface area contributed by atoms with Crippen LogP contribution in [-0.4, -0.2) is 37.2 Å². The predicted octanol–water partition coefficient (Wildman–Crippen LogP) is 18.3. The van der Waals surface area contributed by atoms with Crippen LogP contribution in [-0.2, 0) is 28.6 Å². The van der Waals surface area contributed by atoms with Crippen molar-refractivity contribution in [2.75, 3.05) is 13.2 Å². The zero-order valence-corrected chi connectivity index (χ0v) is 43.4. The van der Waals surface area contributed by atoms with Gasteiger partial charge in [0.25, 0.3) is 0 Å². The summed E-state index contributed by atoms with van der Waals surface area (Å²) in [6.45, 7) is 6.31. The van der Waals surface area contributed by atoms with Gasteiger partial charge < -0.3 is 14.2 Å². The number of unbranched alkanes of at least 4 members (excludes halogenated alkanes) is 26. The number of carbonyl (C=O) groups excluding carboxylic acids is 3. The van der Waals surface area contributed by atoms with Gasteiger partial charge in [-0.2, -0.15) is 0 Å². The lowest BCUT2D eigenvalue weighted by molar-refractivity contribution is -0.167. The Hall–Kier alpha value is -3.93. The van der Waals surface area contributed by atoms with Crippen LogP contribution in [0.5, 0.6) is 0 Å². The summed E-state index contributed by atoms with van der Waals surface area (Å²) in [5.41, 5.74) is 0. The zero-order valence-electron chi connectivity index (χ0n) is 43.4. The average molecular weight is 929 g/mol. The van der Waals surface area contributed by atoms with Crippen molar-refractivity contribution in [3.63, 3.8) is 0 Å². The normalized spacial score (nSPS) is 12.9. The number of hydrogen-bond acceptors (Lipinski definition) is 6. The third kappa shape index (κ3) is 52.9. The molecule has 0 aromatic rings. The summed E-state index contributed by atoms with van der Waals surface area (Å²) < 4.78 is 16.8. The minimum Gasteiger partial charge on any atom is -0.462 e. The van der Waals surface area contributed by atoms with Crippen molar-refractivity contribution in [2.24, 2.45) is 0 Å². The van der Waals surface area contributed by atoms with Gasteiger partial charge in [-0.15, -0.1) is 0 Å². The summed E-state index contributed by atoms with van der Waals surface area (Å²) in [5.74, 6) is -0.968. The number of allylic oxidation sites excluding steroid dienone is 18. The Balaban J connectivity index is 4.46. The molecular weight excluding hydrogens is 829 g/mol. The standard InChI is InChI=1S/C61H100O6/c1-4-7-10-13-16-19-22-25-27-29-30-32-33-36-39-42-45-48-51-54-60(63)66-57-58(56-65-59(62)53-50-47-44-41-38-35-24-21-18-15-12-9-6-3)67-61(64)55-52-49-46-43-40-37-34-31-28-26-23-20-17-14-11-8-5-2/h8-9,11-12,14-15,17-18,20-21,23-24,26,28,31,34,37,40,58H,4-7,10,13,16,19,22,25,27,29-30,32-33,35-36,38-39,41-57H2,1-3H3/b11-8+,12-9+,17-14+,18-15+,23-20+,24-21+,28-26+,34-31+,40-37+. The van der Waals surface area contributed by atoms with Crippen LogP contribution in [0.2, 0.25) is 0 Å². The molecule has 0 N–H and O–H groups in total. The second-order valence-corrected chi connectivity index (χ2v) is 18.0. The molecule has 0 aromatic heterocycles. The number of ether oxygens (including phenoxy) is 3. The van der Waals surface area contributed by atoms with Gasteiger partial charge in [0.1, 0.15) is 13.2 Å². The summed E-state index contributed by atoms with van der Waals surface area (Å²) in [7, 11) is 0. The molecule has 0 heterocycles. The van der Waals surface area contributed by atoms with Crippen LogP contribution in [0.3, 0.4) is 0 Å². The third-order valence-electron chi connectivity index (χ3n) is 11.5. The van der Waals surface area contributed by atoms with Crippen LogP contribution in [0.15, 0.2) is 109 Å². The molecule has 0 rings (SSSR count). The van der Waals surface area contributed by atoms with Crippen molar-refractivity contribution in [1.29, 1.82) is 0 Å². The lowest BCUT2D eigenvalue weighted by atomic mass is 10.0. The number of hydrogen-bond donors (Lipinski definition) is 0. The Morgan fingerprint density at radius 1 is 0.313 bits per heavy atom. The molecule has 0 radical (unpaired) electrons. The van der Waals surface area contributed by atoms with Crippen molar-refractivity contribution in [1.82, 2.24) is 0 Å². The minimum atomic E-state index is -0.810. The van der Waals surface area contributed by atoms with E-state index in [2.05, 4.69) is 69.4 Å². The van der Waals surface area contributed by atoms with Gasteiger partial charge in [-0.3, -0.25) is 14.4 Å². The van der Waals surface area contributed by atoms with E-state index >= 15 is 0 Å². The molecule has 67 heavy (non-hydrogen) atoms. The van der Waals surface area contributed by atoms with E-state index in [-0.39, 0.29) is 37.5 Å². The number of carbonyl (C=O) groups is 3. The second-order valence-electron chi connectivity index (χ2n) is 18.0. The summed E-state index contributed by atoms with van der Waals surface area (Å²) in [5, 5.41) is 0. The Labute approximate surface area is 412 Å². The third-order valence-corrected chi connectivity index (χ3v) is 11.5. The van der Waals surface area contributed by atoms with Gasteiger partial charge in [-0.25, -0.2) is 0 Å². The first-order chi connectivity index (χ1) is 33.0. The van der Waals surface area contributed by atoms with Crippen LogP contribution in [0, 0.1) is 0 Å². The highest BCUT2D eigenvalue weighted by Crippen LogP contribution is 2.16. The molecule has 0 bridgehead atoms. The molecule has 0 aliphatic heterocycles. The summed E-state index contributed by atoms with van der Waals surface area (Å²) in [4.78, 5) is 38.1. The van der Waals surface area contributed by atoms with E-state index in [1.807, 2.05) is 60.8 Å². The van der Waals surface area contributed by atoms with Crippen molar-refractivity contribution in [2.45, 2.75) is 245 Å². The van der Waals surface area contributed by atoms with Crippen LogP contribution in [0.4, 0.5) is 0 Å². The molecule has 0 aromatic carbocycles. The molecule has 0 amide bonds. The van der Waals surface area contributed by atoms with Crippen LogP contribution in [0.25, 0.3) is 0 Å². The van der Waals surface area contributed by atoms with Crippen LogP contribution >= 0.6 is 0 Å². The monoisotopic (exact) mass is 929 g/mol. The average Bonchev–Trinajstić information content (AvgIpc) is 3.33.